The summed E-state index contributed by atoms with van der Waals surface area (Å²) >= 11 is 5.75. The summed E-state index contributed by atoms with van der Waals surface area (Å²) in [5, 5.41) is 0.541. The Morgan fingerprint density at radius 3 is 2.86 bits per heavy atom. The minimum atomic E-state index is 0.496. The van der Waals surface area contributed by atoms with Gasteiger partial charge in [-0.2, -0.15) is 0 Å². The summed E-state index contributed by atoms with van der Waals surface area (Å²) < 4.78 is 0. The Morgan fingerprint density at radius 2 is 2.21 bits per heavy atom. The lowest BCUT2D eigenvalue weighted by atomic mass is 10.2. The molecule has 0 bridgehead atoms. The van der Waals surface area contributed by atoms with Gasteiger partial charge in [-0.15, -0.1) is 0 Å². The van der Waals surface area contributed by atoms with E-state index in [0.29, 0.717) is 16.3 Å². The third-order valence-electron chi connectivity index (χ3n) is 1.53. The van der Waals surface area contributed by atoms with Crippen LogP contribution in [0.15, 0.2) is 35.5 Å². The fraction of sp³-hybridized carbons (Fsp3) is 0. The van der Waals surface area contributed by atoms with E-state index in [9.17, 15) is 4.79 Å². The van der Waals surface area contributed by atoms with E-state index in [4.69, 9.17) is 17.3 Å². The SMILES string of the molecule is NC=CC=Nc1cc(Cl)ccc1C=O. The van der Waals surface area contributed by atoms with Crippen molar-refractivity contribution in [2.45, 2.75) is 0 Å². The van der Waals surface area contributed by atoms with E-state index in [0.717, 1.165) is 6.29 Å². The lowest BCUT2D eigenvalue weighted by Crippen LogP contribution is -1.81. The van der Waals surface area contributed by atoms with Crippen LogP contribution in [-0.2, 0) is 0 Å². The Morgan fingerprint density at radius 1 is 1.43 bits per heavy atom. The quantitative estimate of drug-likeness (QED) is 0.612. The molecule has 0 radical (unpaired) electrons. The molecule has 14 heavy (non-hydrogen) atoms. The van der Waals surface area contributed by atoms with Crippen LogP contribution in [0.3, 0.4) is 0 Å². The second kappa shape index (κ2) is 5.19. The summed E-state index contributed by atoms with van der Waals surface area (Å²) in [5.41, 5.74) is 6.16. The van der Waals surface area contributed by atoms with Crippen LogP contribution in [0.4, 0.5) is 5.69 Å². The van der Waals surface area contributed by atoms with Gasteiger partial charge in [0.15, 0.2) is 6.29 Å². The maximum absolute atomic E-state index is 10.6. The molecule has 0 aliphatic rings. The highest BCUT2D eigenvalue weighted by molar-refractivity contribution is 6.31. The van der Waals surface area contributed by atoms with Crippen molar-refractivity contribution in [3.63, 3.8) is 0 Å². The number of aldehydes is 1. The van der Waals surface area contributed by atoms with Crippen LogP contribution in [0, 0.1) is 0 Å². The number of carbonyl (C=O) groups excluding carboxylic acids is 1. The second-order valence-electron chi connectivity index (χ2n) is 2.48. The first-order chi connectivity index (χ1) is 6.77. The largest absolute Gasteiger partial charge is 0.405 e. The number of halogens is 1. The molecule has 0 aliphatic carbocycles. The maximum atomic E-state index is 10.6. The van der Waals surface area contributed by atoms with Crippen LogP contribution in [0.2, 0.25) is 5.02 Å². The van der Waals surface area contributed by atoms with Gasteiger partial charge in [-0.05, 0) is 30.5 Å². The first kappa shape index (κ1) is 10.5. The molecule has 0 spiro atoms. The molecule has 1 aromatic rings. The lowest BCUT2D eigenvalue weighted by Gasteiger charge is -1.97. The van der Waals surface area contributed by atoms with Crippen molar-refractivity contribution in [2.75, 3.05) is 0 Å². The second-order valence-corrected chi connectivity index (χ2v) is 2.92. The average molecular weight is 209 g/mol. The van der Waals surface area contributed by atoms with Crippen molar-refractivity contribution in [2.24, 2.45) is 10.7 Å². The first-order valence-electron chi connectivity index (χ1n) is 3.93. The molecule has 72 valence electrons. The molecule has 0 saturated heterocycles. The van der Waals surface area contributed by atoms with Gasteiger partial charge in [0.25, 0.3) is 0 Å². The third kappa shape index (κ3) is 2.71. The van der Waals surface area contributed by atoms with Crippen LogP contribution >= 0.6 is 11.6 Å². The van der Waals surface area contributed by atoms with Crippen molar-refractivity contribution in [3.8, 4) is 0 Å². The molecule has 1 aromatic carbocycles. The summed E-state index contributed by atoms with van der Waals surface area (Å²) in [6.45, 7) is 0. The number of allylic oxidation sites excluding steroid dienone is 1. The lowest BCUT2D eigenvalue weighted by molar-refractivity contribution is 0.112. The standard InChI is InChI=1S/C10H9ClN2O/c11-9-3-2-8(7-14)10(6-9)13-5-1-4-12/h1-7H,12H2. The normalized spacial score (nSPS) is 11.2. The van der Waals surface area contributed by atoms with Crippen molar-refractivity contribution in [3.05, 3.63) is 41.1 Å². The summed E-state index contributed by atoms with van der Waals surface area (Å²) in [7, 11) is 0. The van der Waals surface area contributed by atoms with Crippen molar-refractivity contribution in [1.29, 1.82) is 0 Å². The molecule has 0 atom stereocenters. The monoisotopic (exact) mass is 208 g/mol. The van der Waals surface area contributed by atoms with Crippen LogP contribution < -0.4 is 5.73 Å². The predicted octanol–water partition coefficient (Wildman–Crippen LogP) is 2.33. The number of carbonyl (C=O) groups is 1. The molecule has 0 heterocycles. The molecular formula is C10H9ClN2O. The highest BCUT2D eigenvalue weighted by Gasteiger charge is 1.99. The number of hydrogen-bond acceptors (Lipinski definition) is 3. The summed E-state index contributed by atoms with van der Waals surface area (Å²) in [5.74, 6) is 0. The van der Waals surface area contributed by atoms with Crippen LogP contribution in [0.1, 0.15) is 10.4 Å². The van der Waals surface area contributed by atoms with Gasteiger partial charge in [0.1, 0.15) is 0 Å². The molecule has 4 heteroatoms. The Kier molecular flexibility index (Phi) is 3.88. The van der Waals surface area contributed by atoms with E-state index in [1.54, 1.807) is 24.3 Å². The van der Waals surface area contributed by atoms with Crippen molar-refractivity contribution in [1.82, 2.24) is 0 Å². The molecule has 1 rings (SSSR count). The Hall–Kier alpha value is -1.61. The molecule has 0 saturated carbocycles. The topological polar surface area (TPSA) is 55.4 Å². The highest BCUT2D eigenvalue weighted by Crippen LogP contribution is 2.21. The minimum Gasteiger partial charge on any atom is -0.405 e. The Balaban J connectivity index is 3.04. The van der Waals surface area contributed by atoms with E-state index in [1.165, 1.54) is 12.4 Å². The molecule has 0 unspecified atom stereocenters. The zero-order valence-corrected chi connectivity index (χ0v) is 8.11. The van der Waals surface area contributed by atoms with Gasteiger partial charge >= 0.3 is 0 Å². The summed E-state index contributed by atoms with van der Waals surface area (Å²) in [4.78, 5) is 14.6. The molecule has 0 aliphatic heterocycles. The molecule has 2 N–H and O–H groups in total. The number of nitrogens with zero attached hydrogens (tertiary/aromatic N) is 1. The fourth-order valence-electron chi connectivity index (χ4n) is 0.901. The number of benzene rings is 1. The van der Waals surface area contributed by atoms with Gasteiger partial charge in [0.2, 0.25) is 0 Å². The zero-order chi connectivity index (χ0) is 10.4. The minimum absolute atomic E-state index is 0.496. The molecule has 0 amide bonds. The Labute approximate surface area is 86.9 Å². The smallest absolute Gasteiger partial charge is 0.152 e. The zero-order valence-electron chi connectivity index (χ0n) is 7.35. The summed E-state index contributed by atoms with van der Waals surface area (Å²) in [6.07, 6.45) is 5.15. The van der Waals surface area contributed by atoms with Gasteiger partial charge < -0.3 is 5.73 Å². The fourth-order valence-corrected chi connectivity index (χ4v) is 1.07. The van der Waals surface area contributed by atoms with E-state index in [-0.39, 0.29) is 0 Å². The molecular weight excluding hydrogens is 200 g/mol. The van der Waals surface area contributed by atoms with E-state index >= 15 is 0 Å². The van der Waals surface area contributed by atoms with Gasteiger partial charge in [0, 0.05) is 16.8 Å². The average Bonchev–Trinajstić information content (AvgIpc) is 2.19. The molecule has 3 nitrogen and oxygen atoms in total. The Bertz CT molecular complexity index is 386. The number of aliphatic imine (C=N–C) groups is 1. The third-order valence-corrected chi connectivity index (χ3v) is 1.77. The van der Waals surface area contributed by atoms with Gasteiger partial charge in [-0.3, -0.25) is 9.79 Å². The molecule has 0 aromatic heterocycles. The molecule has 0 fully saturated rings. The predicted molar refractivity (Wildman–Crippen MR) is 58.3 cm³/mol. The van der Waals surface area contributed by atoms with Crippen molar-refractivity contribution >= 4 is 29.8 Å². The number of hydrogen-bond donors (Lipinski definition) is 1. The maximum Gasteiger partial charge on any atom is 0.152 e. The number of rotatable bonds is 3. The van der Waals surface area contributed by atoms with Gasteiger partial charge in [0.05, 0.1) is 5.69 Å². The van der Waals surface area contributed by atoms with Crippen molar-refractivity contribution < 1.29 is 4.79 Å². The van der Waals surface area contributed by atoms with E-state index < -0.39 is 0 Å². The first-order valence-corrected chi connectivity index (χ1v) is 4.31. The van der Waals surface area contributed by atoms with Crippen LogP contribution in [0.5, 0.6) is 0 Å². The van der Waals surface area contributed by atoms with E-state index in [1.807, 2.05) is 0 Å². The van der Waals surface area contributed by atoms with Crippen LogP contribution in [-0.4, -0.2) is 12.5 Å². The van der Waals surface area contributed by atoms with Crippen LogP contribution in [0.25, 0.3) is 0 Å². The number of nitrogens with two attached hydrogens (primary N) is 1. The van der Waals surface area contributed by atoms with Gasteiger partial charge in [-0.1, -0.05) is 11.6 Å². The summed E-state index contributed by atoms with van der Waals surface area (Å²) in [6, 6.07) is 4.88. The van der Waals surface area contributed by atoms with Gasteiger partial charge in [-0.25, -0.2) is 0 Å². The van der Waals surface area contributed by atoms with E-state index in [2.05, 4.69) is 4.99 Å². The highest BCUT2D eigenvalue weighted by atomic mass is 35.5.